The lowest BCUT2D eigenvalue weighted by Gasteiger charge is -2.36. The average molecular weight is 272 g/mol. The van der Waals surface area contributed by atoms with Crippen LogP contribution in [0.4, 0.5) is 5.69 Å². The van der Waals surface area contributed by atoms with E-state index in [0.717, 1.165) is 17.3 Å². The summed E-state index contributed by atoms with van der Waals surface area (Å²) < 4.78 is 0. The second-order valence-electron chi connectivity index (χ2n) is 4.67. The Bertz CT molecular complexity index is 372. The molecule has 1 nitrogen and oxygen atoms in total. The number of rotatable bonds is 3. The molecule has 0 amide bonds. The first-order chi connectivity index (χ1) is 8.22. The largest absolute Gasteiger partial charge is 0.368 e. The third-order valence-electron chi connectivity index (χ3n) is 3.58. The highest BCUT2D eigenvalue weighted by molar-refractivity contribution is 6.36. The van der Waals surface area contributed by atoms with Crippen LogP contribution in [0.5, 0.6) is 0 Å². The zero-order valence-electron chi connectivity index (χ0n) is 10.3. The Hall–Kier alpha value is -0.400. The van der Waals surface area contributed by atoms with Gasteiger partial charge in [-0.25, -0.2) is 0 Å². The molecular formula is C14H19Cl2N. The van der Waals surface area contributed by atoms with Crippen molar-refractivity contribution in [2.24, 2.45) is 0 Å². The highest BCUT2D eigenvalue weighted by Crippen LogP contribution is 2.33. The van der Waals surface area contributed by atoms with Crippen molar-refractivity contribution in [1.82, 2.24) is 0 Å². The van der Waals surface area contributed by atoms with E-state index in [0.29, 0.717) is 11.1 Å². The van der Waals surface area contributed by atoms with Gasteiger partial charge in [0, 0.05) is 17.6 Å². The molecule has 0 saturated heterocycles. The molecule has 0 radical (unpaired) electrons. The molecule has 1 aromatic rings. The van der Waals surface area contributed by atoms with E-state index in [1.54, 1.807) is 0 Å². The standard InChI is InChI=1S/C14H19Cl2N/c1-2-17(12-6-4-3-5-7-12)14-9-8-11(15)10-13(14)16/h8-10,12H,2-7H2,1H3. The molecular weight excluding hydrogens is 253 g/mol. The van der Waals surface area contributed by atoms with Crippen LogP contribution in [-0.4, -0.2) is 12.6 Å². The minimum absolute atomic E-state index is 0.646. The van der Waals surface area contributed by atoms with E-state index in [1.165, 1.54) is 32.1 Å². The summed E-state index contributed by atoms with van der Waals surface area (Å²) in [6.45, 7) is 3.20. The van der Waals surface area contributed by atoms with Crippen molar-refractivity contribution in [3.8, 4) is 0 Å². The molecule has 0 heterocycles. The van der Waals surface area contributed by atoms with Crippen LogP contribution in [0.2, 0.25) is 10.0 Å². The van der Waals surface area contributed by atoms with Crippen molar-refractivity contribution < 1.29 is 0 Å². The average Bonchev–Trinajstić information content (AvgIpc) is 2.34. The molecule has 0 atom stereocenters. The number of nitrogens with zero attached hydrogens (tertiary/aromatic N) is 1. The summed E-state index contributed by atoms with van der Waals surface area (Å²) in [4.78, 5) is 2.43. The van der Waals surface area contributed by atoms with Crippen LogP contribution < -0.4 is 4.90 Å². The first kappa shape index (κ1) is 13.0. The van der Waals surface area contributed by atoms with Crippen molar-refractivity contribution in [2.75, 3.05) is 11.4 Å². The second kappa shape index (κ2) is 5.97. The van der Waals surface area contributed by atoms with Crippen LogP contribution in [0, 0.1) is 0 Å². The third kappa shape index (κ3) is 3.08. The molecule has 0 N–H and O–H groups in total. The quantitative estimate of drug-likeness (QED) is 0.735. The molecule has 0 aliphatic heterocycles. The summed E-state index contributed by atoms with van der Waals surface area (Å²) in [6.07, 6.45) is 6.63. The summed E-state index contributed by atoms with van der Waals surface area (Å²) in [5.74, 6) is 0. The van der Waals surface area contributed by atoms with E-state index in [4.69, 9.17) is 23.2 Å². The highest BCUT2D eigenvalue weighted by atomic mass is 35.5. The van der Waals surface area contributed by atoms with Gasteiger partial charge in [-0.15, -0.1) is 0 Å². The Morgan fingerprint density at radius 1 is 1.18 bits per heavy atom. The number of halogens is 2. The highest BCUT2D eigenvalue weighted by Gasteiger charge is 2.21. The van der Waals surface area contributed by atoms with Gasteiger partial charge in [0.2, 0.25) is 0 Å². The lowest BCUT2D eigenvalue weighted by atomic mass is 9.94. The zero-order chi connectivity index (χ0) is 12.3. The monoisotopic (exact) mass is 271 g/mol. The Morgan fingerprint density at radius 2 is 1.88 bits per heavy atom. The topological polar surface area (TPSA) is 3.24 Å². The van der Waals surface area contributed by atoms with Gasteiger partial charge in [-0.2, -0.15) is 0 Å². The maximum Gasteiger partial charge on any atom is 0.0654 e. The fraction of sp³-hybridized carbons (Fsp3) is 0.571. The molecule has 1 fully saturated rings. The predicted molar refractivity (Wildman–Crippen MR) is 76.4 cm³/mol. The van der Waals surface area contributed by atoms with E-state index >= 15 is 0 Å². The van der Waals surface area contributed by atoms with Gasteiger partial charge >= 0.3 is 0 Å². The van der Waals surface area contributed by atoms with Gasteiger partial charge in [0.05, 0.1) is 10.7 Å². The Labute approximate surface area is 114 Å². The summed E-state index contributed by atoms with van der Waals surface area (Å²) in [5.41, 5.74) is 1.13. The molecule has 3 heteroatoms. The maximum absolute atomic E-state index is 6.30. The predicted octanol–water partition coefficient (Wildman–Crippen LogP) is 5.15. The normalized spacial score (nSPS) is 17.1. The lowest BCUT2D eigenvalue weighted by Crippen LogP contribution is -2.36. The molecule has 94 valence electrons. The SMILES string of the molecule is CCN(c1ccc(Cl)cc1Cl)C1CCCCC1. The number of anilines is 1. The molecule has 1 aliphatic rings. The first-order valence-corrected chi connectivity index (χ1v) is 7.19. The Morgan fingerprint density at radius 3 is 2.47 bits per heavy atom. The molecule has 0 bridgehead atoms. The summed E-state index contributed by atoms with van der Waals surface area (Å²) in [7, 11) is 0. The molecule has 1 aromatic carbocycles. The van der Waals surface area contributed by atoms with Crippen molar-refractivity contribution in [3.63, 3.8) is 0 Å². The van der Waals surface area contributed by atoms with Crippen LogP contribution in [0.15, 0.2) is 18.2 Å². The van der Waals surface area contributed by atoms with Crippen molar-refractivity contribution >= 4 is 28.9 Å². The molecule has 0 spiro atoms. The Kier molecular flexibility index (Phi) is 4.58. The van der Waals surface area contributed by atoms with Gasteiger partial charge in [-0.3, -0.25) is 0 Å². The van der Waals surface area contributed by atoms with E-state index < -0.39 is 0 Å². The Balaban J connectivity index is 2.21. The van der Waals surface area contributed by atoms with Gasteiger partial charge in [0.25, 0.3) is 0 Å². The molecule has 17 heavy (non-hydrogen) atoms. The molecule has 1 saturated carbocycles. The van der Waals surface area contributed by atoms with Crippen LogP contribution in [0.1, 0.15) is 39.0 Å². The fourth-order valence-corrected chi connectivity index (χ4v) is 3.25. The van der Waals surface area contributed by atoms with Crippen LogP contribution >= 0.6 is 23.2 Å². The molecule has 0 aromatic heterocycles. The minimum Gasteiger partial charge on any atom is -0.368 e. The van der Waals surface area contributed by atoms with Gasteiger partial charge in [0.1, 0.15) is 0 Å². The molecule has 2 rings (SSSR count). The zero-order valence-corrected chi connectivity index (χ0v) is 11.8. The van der Waals surface area contributed by atoms with Crippen molar-refractivity contribution in [1.29, 1.82) is 0 Å². The number of hydrogen-bond acceptors (Lipinski definition) is 1. The summed E-state index contributed by atoms with van der Waals surface area (Å²) in [5, 5.41) is 1.48. The van der Waals surface area contributed by atoms with Crippen molar-refractivity contribution in [3.05, 3.63) is 28.2 Å². The molecule has 0 unspecified atom stereocenters. The minimum atomic E-state index is 0.646. The van der Waals surface area contributed by atoms with Gasteiger partial charge in [0.15, 0.2) is 0 Å². The van der Waals surface area contributed by atoms with E-state index in [-0.39, 0.29) is 0 Å². The lowest BCUT2D eigenvalue weighted by molar-refractivity contribution is 0.418. The summed E-state index contributed by atoms with van der Waals surface area (Å²) >= 11 is 12.2. The molecule has 1 aliphatic carbocycles. The number of benzene rings is 1. The van der Waals surface area contributed by atoms with Crippen molar-refractivity contribution in [2.45, 2.75) is 45.1 Å². The van der Waals surface area contributed by atoms with Gasteiger partial charge in [-0.05, 0) is 38.0 Å². The van der Waals surface area contributed by atoms with Gasteiger partial charge in [-0.1, -0.05) is 42.5 Å². The van der Waals surface area contributed by atoms with Gasteiger partial charge < -0.3 is 4.90 Å². The van der Waals surface area contributed by atoms with Crippen LogP contribution in [0.25, 0.3) is 0 Å². The fourth-order valence-electron chi connectivity index (χ4n) is 2.73. The second-order valence-corrected chi connectivity index (χ2v) is 5.52. The smallest absolute Gasteiger partial charge is 0.0654 e. The maximum atomic E-state index is 6.30. The third-order valence-corrected chi connectivity index (χ3v) is 4.11. The first-order valence-electron chi connectivity index (χ1n) is 6.44. The number of hydrogen-bond donors (Lipinski definition) is 0. The van der Waals surface area contributed by atoms with E-state index in [9.17, 15) is 0 Å². The van der Waals surface area contributed by atoms with Crippen LogP contribution in [0.3, 0.4) is 0 Å². The van der Waals surface area contributed by atoms with E-state index in [2.05, 4.69) is 11.8 Å². The van der Waals surface area contributed by atoms with E-state index in [1.807, 2.05) is 18.2 Å². The summed E-state index contributed by atoms with van der Waals surface area (Å²) in [6, 6.07) is 6.45. The van der Waals surface area contributed by atoms with Crippen LogP contribution in [-0.2, 0) is 0 Å².